The van der Waals surface area contributed by atoms with E-state index in [1.807, 2.05) is 43.3 Å². The van der Waals surface area contributed by atoms with Gasteiger partial charge in [-0.05, 0) is 48.9 Å². The van der Waals surface area contributed by atoms with Gasteiger partial charge in [0.05, 0.1) is 30.2 Å². The minimum absolute atomic E-state index is 0.0911. The number of furan rings is 1. The lowest BCUT2D eigenvalue weighted by molar-refractivity contribution is -0.131. The van der Waals surface area contributed by atoms with Gasteiger partial charge in [-0.3, -0.25) is 4.79 Å². The summed E-state index contributed by atoms with van der Waals surface area (Å²) in [5, 5.41) is 18.1. The van der Waals surface area contributed by atoms with Gasteiger partial charge in [0.15, 0.2) is 0 Å². The van der Waals surface area contributed by atoms with Crippen LogP contribution in [0.3, 0.4) is 0 Å². The fourth-order valence-corrected chi connectivity index (χ4v) is 3.28. The largest absolute Gasteiger partial charge is 0.467 e. The van der Waals surface area contributed by atoms with Crippen molar-refractivity contribution in [2.45, 2.75) is 19.4 Å². The van der Waals surface area contributed by atoms with Crippen LogP contribution in [-0.4, -0.2) is 23.2 Å². The van der Waals surface area contributed by atoms with Crippen molar-refractivity contribution >= 4 is 17.3 Å². The quantitative estimate of drug-likeness (QED) is 0.713. The molecule has 0 unspecified atom stereocenters. The molecule has 6 heteroatoms. The van der Waals surface area contributed by atoms with Crippen molar-refractivity contribution in [2.24, 2.45) is 5.10 Å². The molecule has 0 saturated heterocycles. The lowest BCUT2D eigenvalue weighted by atomic mass is 10.0. The van der Waals surface area contributed by atoms with Crippen molar-refractivity contribution in [1.29, 1.82) is 5.26 Å². The van der Waals surface area contributed by atoms with Crippen LogP contribution in [0.5, 0.6) is 0 Å². The summed E-state index contributed by atoms with van der Waals surface area (Å²) in [5.41, 5.74) is 4.38. The highest BCUT2D eigenvalue weighted by Crippen LogP contribution is 2.33. The first kappa shape index (κ1) is 18.5. The topological polar surface area (TPSA) is 81.6 Å². The van der Waals surface area contributed by atoms with Gasteiger partial charge in [0.1, 0.15) is 11.8 Å². The maximum absolute atomic E-state index is 12.9. The van der Waals surface area contributed by atoms with Gasteiger partial charge in [-0.1, -0.05) is 29.8 Å². The van der Waals surface area contributed by atoms with Crippen LogP contribution in [-0.2, 0) is 4.79 Å². The zero-order valence-electron chi connectivity index (χ0n) is 16.0. The van der Waals surface area contributed by atoms with Gasteiger partial charge in [0.25, 0.3) is 5.91 Å². The molecule has 1 amide bonds. The summed E-state index contributed by atoms with van der Waals surface area (Å²) in [7, 11) is 0. The third-order valence-electron chi connectivity index (χ3n) is 4.88. The Morgan fingerprint density at radius 2 is 1.97 bits per heavy atom. The van der Waals surface area contributed by atoms with Crippen LogP contribution in [0.1, 0.15) is 34.9 Å². The van der Waals surface area contributed by atoms with Crippen molar-refractivity contribution in [3.05, 3.63) is 89.4 Å². The lowest BCUT2D eigenvalue weighted by Crippen LogP contribution is -2.32. The molecule has 144 valence electrons. The van der Waals surface area contributed by atoms with E-state index in [9.17, 15) is 4.79 Å². The summed E-state index contributed by atoms with van der Waals surface area (Å²) in [5.74, 6) is 0.556. The number of rotatable bonds is 5. The van der Waals surface area contributed by atoms with Gasteiger partial charge in [-0.2, -0.15) is 10.4 Å². The predicted molar refractivity (Wildman–Crippen MR) is 110 cm³/mol. The number of amides is 1. The SMILES string of the molecule is Cc1ccc(C2=NN(C(=O)CNc3ccc(C#N)cc3)[C@H](c3ccco3)C2)cc1. The molecular formula is C23H20N4O2. The van der Waals surface area contributed by atoms with Gasteiger partial charge in [-0.25, -0.2) is 5.01 Å². The number of carbonyl (C=O) groups is 1. The highest BCUT2D eigenvalue weighted by molar-refractivity contribution is 6.03. The molecule has 1 N–H and O–H groups in total. The molecule has 3 aromatic rings. The minimum atomic E-state index is -0.267. The summed E-state index contributed by atoms with van der Waals surface area (Å²) in [4.78, 5) is 12.9. The third kappa shape index (κ3) is 4.04. The van der Waals surface area contributed by atoms with Crippen LogP contribution in [0, 0.1) is 18.3 Å². The third-order valence-corrected chi connectivity index (χ3v) is 4.88. The Morgan fingerprint density at radius 1 is 1.21 bits per heavy atom. The number of nitrogens with zero attached hydrogens (tertiary/aromatic N) is 3. The molecule has 0 fully saturated rings. The molecule has 0 saturated carbocycles. The molecule has 6 nitrogen and oxygen atoms in total. The monoisotopic (exact) mass is 384 g/mol. The smallest absolute Gasteiger partial charge is 0.262 e. The molecule has 0 bridgehead atoms. The zero-order chi connectivity index (χ0) is 20.2. The molecular weight excluding hydrogens is 364 g/mol. The summed E-state index contributed by atoms with van der Waals surface area (Å²) >= 11 is 0. The number of aryl methyl sites for hydroxylation is 1. The van der Waals surface area contributed by atoms with Crippen molar-refractivity contribution < 1.29 is 9.21 Å². The van der Waals surface area contributed by atoms with E-state index in [2.05, 4.69) is 16.5 Å². The van der Waals surface area contributed by atoms with Crippen LogP contribution in [0.25, 0.3) is 0 Å². The van der Waals surface area contributed by atoms with E-state index in [0.717, 1.165) is 17.0 Å². The minimum Gasteiger partial charge on any atom is -0.467 e. The van der Waals surface area contributed by atoms with Gasteiger partial charge in [-0.15, -0.1) is 0 Å². The summed E-state index contributed by atoms with van der Waals surface area (Å²) < 4.78 is 5.57. The van der Waals surface area contributed by atoms with E-state index < -0.39 is 0 Å². The first-order valence-corrected chi connectivity index (χ1v) is 9.38. The molecule has 29 heavy (non-hydrogen) atoms. The molecule has 2 heterocycles. The molecule has 1 aliphatic rings. The number of carbonyl (C=O) groups excluding carboxylic acids is 1. The number of nitriles is 1. The normalized spacial score (nSPS) is 15.7. The number of hydrazone groups is 1. The number of hydrogen-bond acceptors (Lipinski definition) is 5. The van der Waals surface area contributed by atoms with Crippen LogP contribution in [0.15, 0.2) is 76.4 Å². The first-order chi connectivity index (χ1) is 14.1. The van der Waals surface area contributed by atoms with E-state index in [1.54, 1.807) is 30.5 Å². The van der Waals surface area contributed by atoms with Crippen LogP contribution in [0.4, 0.5) is 5.69 Å². The second kappa shape index (κ2) is 8.03. The molecule has 1 atom stereocenters. The molecule has 0 aliphatic carbocycles. The number of benzene rings is 2. The summed E-state index contributed by atoms with van der Waals surface area (Å²) in [6, 6.07) is 20.6. The number of nitrogens with one attached hydrogen (secondary N) is 1. The fourth-order valence-electron chi connectivity index (χ4n) is 3.28. The number of hydrogen-bond donors (Lipinski definition) is 1. The van der Waals surface area contributed by atoms with Crippen molar-refractivity contribution in [3.8, 4) is 6.07 Å². The van der Waals surface area contributed by atoms with Crippen molar-refractivity contribution in [2.75, 3.05) is 11.9 Å². The second-order valence-corrected chi connectivity index (χ2v) is 6.93. The average Bonchev–Trinajstić information content (AvgIpc) is 3.43. The fraction of sp³-hybridized carbons (Fsp3) is 0.174. The Hall–Kier alpha value is -3.85. The van der Waals surface area contributed by atoms with Gasteiger partial charge in [0, 0.05) is 12.1 Å². The van der Waals surface area contributed by atoms with Crippen molar-refractivity contribution in [3.63, 3.8) is 0 Å². The maximum atomic E-state index is 12.9. The van der Waals surface area contributed by atoms with Crippen LogP contribution in [0.2, 0.25) is 0 Å². The Bertz CT molecular complexity index is 1060. The maximum Gasteiger partial charge on any atom is 0.262 e. The predicted octanol–water partition coefficient (Wildman–Crippen LogP) is 4.25. The molecule has 0 spiro atoms. The zero-order valence-corrected chi connectivity index (χ0v) is 16.0. The second-order valence-electron chi connectivity index (χ2n) is 6.93. The highest BCUT2D eigenvalue weighted by atomic mass is 16.3. The average molecular weight is 384 g/mol. The van der Waals surface area contributed by atoms with Gasteiger partial charge in [0.2, 0.25) is 0 Å². The molecule has 2 aromatic carbocycles. The van der Waals surface area contributed by atoms with E-state index in [-0.39, 0.29) is 18.5 Å². The summed E-state index contributed by atoms with van der Waals surface area (Å²) in [6.45, 7) is 2.13. The van der Waals surface area contributed by atoms with E-state index in [1.165, 1.54) is 10.6 Å². The van der Waals surface area contributed by atoms with E-state index >= 15 is 0 Å². The summed E-state index contributed by atoms with van der Waals surface area (Å²) in [6.07, 6.45) is 2.20. The Morgan fingerprint density at radius 3 is 2.62 bits per heavy atom. The molecule has 1 aliphatic heterocycles. The van der Waals surface area contributed by atoms with E-state index in [0.29, 0.717) is 17.7 Å². The Kier molecular flexibility index (Phi) is 5.12. The molecule has 1 aromatic heterocycles. The number of anilines is 1. The van der Waals surface area contributed by atoms with Crippen molar-refractivity contribution in [1.82, 2.24) is 5.01 Å². The van der Waals surface area contributed by atoms with E-state index in [4.69, 9.17) is 9.68 Å². The molecule has 4 rings (SSSR count). The highest BCUT2D eigenvalue weighted by Gasteiger charge is 2.34. The Balaban J connectivity index is 1.53. The standard InChI is InChI=1S/C23H20N4O2/c1-16-4-8-18(9-5-16)20-13-21(22-3-2-12-29-22)27(26-20)23(28)15-25-19-10-6-17(14-24)7-11-19/h2-12,21,25H,13,15H2,1H3/t21-/m0/s1. The van der Waals surface area contributed by atoms with Gasteiger partial charge < -0.3 is 9.73 Å². The lowest BCUT2D eigenvalue weighted by Gasteiger charge is -2.20. The van der Waals surface area contributed by atoms with Gasteiger partial charge >= 0.3 is 0 Å². The molecule has 0 radical (unpaired) electrons. The Labute approximate surface area is 169 Å². The first-order valence-electron chi connectivity index (χ1n) is 9.38. The van der Waals surface area contributed by atoms with Crippen LogP contribution >= 0.6 is 0 Å². The van der Waals surface area contributed by atoms with Crippen LogP contribution < -0.4 is 5.32 Å².